The molecule has 5 nitrogen and oxygen atoms in total. The first-order valence-electron chi connectivity index (χ1n) is 9.67. The van der Waals surface area contributed by atoms with Crippen LogP contribution in [-0.4, -0.2) is 21.0 Å². The molecule has 0 atom stereocenters. The van der Waals surface area contributed by atoms with Crippen LogP contribution in [0.3, 0.4) is 0 Å². The summed E-state index contributed by atoms with van der Waals surface area (Å²) in [6.45, 7) is 0. The van der Waals surface area contributed by atoms with Crippen LogP contribution in [0.15, 0.2) is 78.9 Å². The van der Waals surface area contributed by atoms with Crippen molar-refractivity contribution in [2.75, 3.05) is 0 Å². The minimum absolute atomic E-state index is 0.0902. The van der Waals surface area contributed by atoms with Crippen LogP contribution in [0, 0.1) is 0 Å². The second-order valence-corrected chi connectivity index (χ2v) is 7.34. The third-order valence-corrected chi connectivity index (χ3v) is 5.27. The van der Waals surface area contributed by atoms with Gasteiger partial charge in [0, 0.05) is 16.3 Å². The molecule has 0 saturated carbocycles. The molecular formula is C25H19N3O2. The van der Waals surface area contributed by atoms with Crippen LogP contribution in [-0.2, 0) is 11.2 Å². The van der Waals surface area contributed by atoms with E-state index in [0.717, 1.165) is 38.5 Å². The molecule has 5 heteroatoms. The van der Waals surface area contributed by atoms with E-state index >= 15 is 0 Å². The predicted octanol–water partition coefficient (Wildman–Crippen LogP) is 4.78. The Balaban J connectivity index is 1.65. The van der Waals surface area contributed by atoms with Crippen molar-refractivity contribution in [1.29, 1.82) is 0 Å². The number of hydrogen-bond acceptors (Lipinski definition) is 3. The van der Waals surface area contributed by atoms with E-state index < -0.39 is 0 Å². The Morgan fingerprint density at radius 1 is 0.933 bits per heavy atom. The maximum atomic E-state index is 11.3. The topological polar surface area (TPSA) is 92.0 Å². The standard InChI is InChI=1S/C25H19N3O2/c26-23(29)13-15-4-3-6-17(12-15)18-9-10-21-19(14-18)24(25(30)28-21)22-11-8-16-5-1-2-7-20(16)27-22/h1-12,14,28,30H,13H2,(H2,26,29). The van der Waals surface area contributed by atoms with Crippen molar-refractivity contribution < 1.29 is 9.90 Å². The van der Waals surface area contributed by atoms with Gasteiger partial charge in [-0.05, 0) is 41.0 Å². The molecule has 3 aromatic carbocycles. The molecule has 5 rings (SSSR count). The Bertz CT molecular complexity index is 1420. The Morgan fingerprint density at radius 3 is 2.63 bits per heavy atom. The van der Waals surface area contributed by atoms with Gasteiger partial charge in [-0.25, -0.2) is 4.98 Å². The van der Waals surface area contributed by atoms with Gasteiger partial charge in [0.25, 0.3) is 0 Å². The van der Waals surface area contributed by atoms with Gasteiger partial charge in [-0.3, -0.25) is 4.79 Å². The predicted molar refractivity (Wildman–Crippen MR) is 119 cm³/mol. The summed E-state index contributed by atoms with van der Waals surface area (Å²) < 4.78 is 0. The summed E-state index contributed by atoms with van der Waals surface area (Å²) in [5, 5.41) is 12.5. The van der Waals surface area contributed by atoms with Gasteiger partial charge in [-0.1, -0.05) is 54.6 Å². The number of nitrogens with one attached hydrogen (secondary N) is 1. The monoisotopic (exact) mass is 393 g/mol. The molecule has 30 heavy (non-hydrogen) atoms. The third kappa shape index (κ3) is 3.16. The summed E-state index contributed by atoms with van der Waals surface area (Å²) in [6.07, 6.45) is 0.202. The maximum absolute atomic E-state index is 11.3. The molecule has 1 amide bonds. The van der Waals surface area contributed by atoms with Crippen molar-refractivity contribution in [3.8, 4) is 28.3 Å². The molecule has 2 heterocycles. The SMILES string of the molecule is NC(=O)Cc1cccc(-c2ccc3[nH]c(O)c(-c4ccc5ccccc5n4)c3c2)c1. The first-order valence-corrected chi connectivity index (χ1v) is 9.67. The fraction of sp³-hybridized carbons (Fsp3) is 0.0400. The highest BCUT2D eigenvalue weighted by Crippen LogP contribution is 2.38. The Hall–Kier alpha value is -4.12. The van der Waals surface area contributed by atoms with Crippen molar-refractivity contribution in [2.45, 2.75) is 6.42 Å². The minimum Gasteiger partial charge on any atom is -0.494 e. The average Bonchev–Trinajstić information content (AvgIpc) is 3.08. The number of aromatic hydroxyl groups is 1. The van der Waals surface area contributed by atoms with Crippen LogP contribution < -0.4 is 5.73 Å². The third-order valence-electron chi connectivity index (χ3n) is 5.27. The summed E-state index contributed by atoms with van der Waals surface area (Å²) in [5.74, 6) is -0.268. The van der Waals surface area contributed by atoms with Crippen molar-refractivity contribution >= 4 is 27.7 Å². The number of benzene rings is 3. The van der Waals surface area contributed by atoms with E-state index in [2.05, 4.69) is 4.98 Å². The maximum Gasteiger partial charge on any atom is 0.221 e. The largest absolute Gasteiger partial charge is 0.494 e. The first kappa shape index (κ1) is 17.9. The minimum atomic E-state index is -0.358. The second-order valence-electron chi connectivity index (χ2n) is 7.34. The molecular weight excluding hydrogens is 374 g/mol. The van der Waals surface area contributed by atoms with Crippen molar-refractivity contribution in [3.05, 3.63) is 84.4 Å². The van der Waals surface area contributed by atoms with E-state index in [1.807, 2.05) is 78.9 Å². The molecule has 0 spiro atoms. The molecule has 146 valence electrons. The van der Waals surface area contributed by atoms with Crippen molar-refractivity contribution in [3.63, 3.8) is 0 Å². The number of amides is 1. The highest BCUT2D eigenvalue weighted by molar-refractivity contribution is 6.01. The lowest BCUT2D eigenvalue weighted by Gasteiger charge is -2.06. The lowest BCUT2D eigenvalue weighted by molar-refractivity contribution is -0.117. The average molecular weight is 393 g/mol. The van der Waals surface area contributed by atoms with Crippen molar-refractivity contribution in [1.82, 2.24) is 9.97 Å². The van der Waals surface area contributed by atoms with Crippen LogP contribution in [0.4, 0.5) is 0 Å². The smallest absolute Gasteiger partial charge is 0.221 e. The van der Waals surface area contributed by atoms with Gasteiger partial charge in [-0.15, -0.1) is 0 Å². The van der Waals surface area contributed by atoms with Gasteiger partial charge in [0.05, 0.1) is 23.2 Å². The zero-order valence-corrected chi connectivity index (χ0v) is 16.1. The normalized spacial score (nSPS) is 11.2. The number of H-pyrrole nitrogens is 1. The number of fused-ring (bicyclic) bond motifs is 2. The van der Waals surface area contributed by atoms with Gasteiger partial charge >= 0.3 is 0 Å². The number of aromatic amines is 1. The molecule has 0 bridgehead atoms. The number of nitrogens with two attached hydrogens (primary N) is 1. The van der Waals surface area contributed by atoms with E-state index in [-0.39, 0.29) is 18.2 Å². The number of pyridine rings is 1. The summed E-state index contributed by atoms with van der Waals surface area (Å²) in [6, 6.07) is 25.5. The summed E-state index contributed by atoms with van der Waals surface area (Å²) in [4.78, 5) is 19.1. The molecule has 4 N–H and O–H groups in total. The van der Waals surface area contributed by atoms with Crippen LogP contribution in [0.2, 0.25) is 0 Å². The molecule has 0 aliphatic heterocycles. The molecule has 0 aliphatic rings. The summed E-state index contributed by atoms with van der Waals surface area (Å²) in [5.41, 5.74) is 11.2. The summed E-state index contributed by atoms with van der Waals surface area (Å²) in [7, 11) is 0. The fourth-order valence-corrected chi connectivity index (χ4v) is 3.88. The number of carbonyl (C=O) groups excluding carboxylic acids is 1. The molecule has 5 aromatic rings. The van der Waals surface area contributed by atoms with Gasteiger partial charge in [0.1, 0.15) is 0 Å². The highest BCUT2D eigenvalue weighted by Gasteiger charge is 2.15. The van der Waals surface area contributed by atoms with Crippen LogP contribution in [0.1, 0.15) is 5.56 Å². The quantitative estimate of drug-likeness (QED) is 0.410. The van der Waals surface area contributed by atoms with E-state index in [1.54, 1.807) is 0 Å². The van der Waals surface area contributed by atoms with Crippen LogP contribution >= 0.6 is 0 Å². The van der Waals surface area contributed by atoms with E-state index in [9.17, 15) is 9.90 Å². The molecule has 2 aromatic heterocycles. The molecule has 0 fully saturated rings. The molecule has 0 saturated heterocycles. The molecule has 0 unspecified atom stereocenters. The van der Waals surface area contributed by atoms with E-state index in [4.69, 9.17) is 10.7 Å². The lowest BCUT2D eigenvalue weighted by atomic mass is 9.99. The second kappa shape index (κ2) is 7.04. The molecule has 0 radical (unpaired) electrons. The Morgan fingerprint density at radius 2 is 1.77 bits per heavy atom. The highest BCUT2D eigenvalue weighted by atomic mass is 16.3. The van der Waals surface area contributed by atoms with Crippen molar-refractivity contribution in [2.24, 2.45) is 5.73 Å². The van der Waals surface area contributed by atoms with Gasteiger partial charge < -0.3 is 15.8 Å². The fourth-order valence-electron chi connectivity index (χ4n) is 3.88. The van der Waals surface area contributed by atoms with E-state index in [1.165, 1.54) is 0 Å². The van der Waals surface area contributed by atoms with Crippen LogP contribution in [0.25, 0.3) is 44.2 Å². The number of aromatic nitrogens is 2. The van der Waals surface area contributed by atoms with Crippen LogP contribution in [0.5, 0.6) is 5.88 Å². The number of para-hydroxylation sites is 1. The van der Waals surface area contributed by atoms with Gasteiger partial charge in [0.2, 0.25) is 5.91 Å². The van der Waals surface area contributed by atoms with E-state index in [0.29, 0.717) is 11.3 Å². The number of carbonyl (C=O) groups is 1. The Labute approximate surface area is 172 Å². The number of rotatable bonds is 4. The lowest BCUT2D eigenvalue weighted by Crippen LogP contribution is -2.13. The number of primary amides is 1. The number of hydrogen-bond donors (Lipinski definition) is 3. The molecule has 0 aliphatic carbocycles. The Kier molecular flexibility index (Phi) is 4.21. The van der Waals surface area contributed by atoms with Gasteiger partial charge in [0.15, 0.2) is 5.88 Å². The van der Waals surface area contributed by atoms with Gasteiger partial charge in [-0.2, -0.15) is 0 Å². The zero-order chi connectivity index (χ0) is 20.7. The summed E-state index contributed by atoms with van der Waals surface area (Å²) >= 11 is 0. The zero-order valence-electron chi connectivity index (χ0n) is 16.1. The first-order chi connectivity index (χ1) is 14.6. The number of nitrogens with zero attached hydrogens (tertiary/aromatic N) is 1.